The van der Waals surface area contributed by atoms with Crippen molar-refractivity contribution in [2.75, 3.05) is 0 Å². The van der Waals surface area contributed by atoms with Gasteiger partial charge in [0, 0.05) is 12.3 Å². The first-order valence-corrected chi connectivity index (χ1v) is 12.5. The summed E-state index contributed by atoms with van der Waals surface area (Å²) in [6.45, 7) is 9.85. The number of carbonyl (C=O) groups is 2. The maximum Gasteiger partial charge on any atom is 0.312 e. The second-order valence-corrected chi connectivity index (χ2v) is 10.0. The zero-order valence-corrected chi connectivity index (χ0v) is 20.7. The largest absolute Gasteiger partial charge is 0.481 e. The van der Waals surface area contributed by atoms with Gasteiger partial charge in [-0.3, -0.25) is 9.59 Å². The molecule has 0 heterocycles. The number of aliphatic hydroxyl groups is 3. The molecule has 7 atom stereocenters. The molecule has 7 unspecified atom stereocenters. The van der Waals surface area contributed by atoms with Crippen LogP contribution in [-0.4, -0.2) is 56.8 Å². The molecule has 0 spiro atoms. The number of fused-ring (bicyclic) bond motifs is 1. The van der Waals surface area contributed by atoms with Gasteiger partial charge in [0.05, 0.1) is 30.1 Å². The van der Waals surface area contributed by atoms with Crippen LogP contribution in [0.3, 0.4) is 0 Å². The second-order valence-electron chi connectivity index (χ2n) is 10.0. The van der Waals surface area contributed by atoms with E-state index in [9.17, 15) is 24.9 Å². The van der Waals surface area contributed by atoms with Gasteiger partial charge in [-0.15, -0.1) is 6.58 Å². The summed E-state index contributed by atoms with van der Waals surface area (Å²) in [5.74, 6) is -1.21. The zero-order chi connectivity index (χ0) is 25.5. The van der Waals surface area contributed by atoms with E-state index < -0.39 is 42.2 Å². The Morgan fingerprint density at radius 3 is 2.53 bits per heavy atom. The van der Waals surface area contributed by atoms with Crippen molar-refractivity contribution in [1.29, 1.82) is 0 Å². The molecule has 2 aliphatic rings. The minimum Gasteiger partial charge on any atom is -0.481 e. The highest BCUT2D eigenvalue weighted by atomic mass is 16.5. The van der Waals surface area contributed by atoms with Gasteiger partial charge in [-0.2, -0.15) is 0 Å². The molecule has 7 heteroatoms. The number of hydrogen-bond acceptors (Lipinski definition) is 6. The van der Waals surface area contributed by atoms with Crippen molar-refractivity contribution < 1.29 is 34.8 Å². The summed E-state index contributed by atoms with van der Waals surface area (Å²) in [5.41, 5.74) is 0.318. The Labute approximate surface area is 203 Å². The van der Waals surface area contributed by atoms with Gasteiger partial charge in [0.1, 0.15) is 6.10 Å². The summed E-state index contributed by atoms with van der Waals surface area (Å²) >= 11 is 0. The van der Waals surface area contributed by atoms with E-state index in [-0.39, 0.29) is 30.1 Å². The molecular formula is C27H42O7. The van der Waals surface area contributed by atoms with Gasteiger partial charge < -0.3 is 25.2 Å². The van der Waals surface area contributed by atoms with Crippen molar-refractivity contribution >= 4 is 11.9 Å². The lowest BCUT2D eigenvalue weighted by atomic mass is 9.66. The number of carbonyl (C=O) groups excluding carboxylic acids is 1. The number of ether oxygens (including phenoxy) is 1. The van der Waals surface area contributed by atoms with E-state index in [4.69, 9.17) is 9.84 Å². The predicted octanol–water partition coefficient (Wildman–Crippen LogP) is 3.78. The molecule has 0 fully saturated rings. The molecule has 2 rings (SSSR count). The van der Waals surface area contributed by atoms with Crippen LogP contribution >= 0.6 is 0 Å². The topological polar surface area (TPSA) is 124 Å². The lowest BCUT2D eigenvalue weighted by Gasteiger charge is -2.44. The van der Waals surface area contributed by atoms with Crippen LogP contribution in [-0.2, 0) is 14.3 Å². The summed E-state index contributed by atoms with van der Waals surface area (Å²) in [6, 6.07) is 0. The molecule has 2 aliphatic carbocycles. The molecule has 0 saturated heterocycles. The Hall–Kier alpha value is -1.96. The smallest absolute Gasteiger partial charge is 0.312 e. The van der Waals surface area contributed by atoms with E-state index >= 15 is 0 Å². The van der Waals surface area contributed by atoms with Gasteiger partial charge >= 0.3 is 11.9 Å². The lowest BCUT2D eigenvalue weighted by molar-refractivity contribution is -0.168. The second kappa shape index (κ2) is 12.7. The summed E-state index contributed by atoms with van der Waals surface area (Å²) < 4.78 is 6.14. The van der Waals surface area contributed by atoms with Crippen molar-refractivity contribution in [1.82, 2.24) is 0 Å². The molecule has 4 N–H and O–H groups in total. The van der Waals surface area contributed by atoms with Gasteiger partial charge in [0.2, 0.25) is 0 Å². The summed E-state index contributed by atoms with van der Waals surface area (Å²) in [5, 5.41) is 39.5. The number of aliphatic hydroxyl groups excluding tert-OH is 3. The van der Waals surface area contributed by atoms with Crippen LogP contribution in [0.1, 0.15) is 72.1 Å². The Morgan fingerprint density at radius 1 is 1.26 bits per heavy atom. The lowest BCUT2D eigenvalue weighted by Crippen LogP contribution is -2.45. The van der Waals surface area contributed by atoms with E-state index in [2.05, 4.69) is 19.6 Å². The fraction of sp³-hybridized carbons (Fsp3) is 0.704. The highest BCUT2D eigenvalue weighted by Gasteiger charge is 2.44. The molecule has 0 aliphatic heterocycles. The fourth-order valence-electron chi connectivity index (χ4n) is 5.54. The average molecular weight is 479 g/mol. The van der Waals surface area contributed by atoms with Gasteiger partial charge in [0.25, 0.3) is 0 Å². The molecule has 0 bridgehead atoms. The van der Waals surface area contributed by atoms with Crippen molar-refractivity contribution in [3.05, 3.63) is 36.5 Å². The Morgan fingerprint density at radius 2 is 1.94 bits per heavy atom. The van der Waals surface area contributed by atoms with Crippen LogP contribution in [0.4, 0.5) is 0 Å². The first kappa shape index (κ1) is 28.3. The van der Waals surface area contributed by atoms with Crippen LogP contribution < -0.4 is 0 Å². The maximum atomic E-state index is 13.3. The van der Waals surface area contributed by atoms with Crippen molar-refractivity contribution in [2.24, 2.45) is 23.2 Å². The molecule has 0 amide bonds. The van der Waals surface area contributed by atoms with Crippen molar-refractivity contribution in [3.8, 4) is 0 Å². The third-order valence-corrected chi connectivity index (χ3v) is 7.74. The quantitative estimate of drug-likeness (QED) is 0.235. The first-order chi connectivity index (χ1) is 16.1. The average Bonchev–Trinajstić information content (AvgIpc) is 2.76. The van der Waals surface area contributed by atoms with Gasteiger partial charge in [-0.1, -0.05) is 45.1 Å². The SMILES string of the molecule is C=CCC(CC)(CC)C(=O)OC1CC(O)C=C2C=CC(C)C(CCC(O)CC(O)CC(=O)O)C21. The molecule has 0 radical (unpaired) electrons. The zero-order valence-electron chi connectivity index (χ0n) is 20.7. The third-order valence-electron chi connectivity index (χ3n) is 7.74. The van der Waals surface area contributed by atoms with Gasteiger partial charge in [-0.25, -0.2) is 0 Å². The maximum absolute atomic E-state index is 13.3. The van der Waals surface area contributed by atoms with Crippen LogP contribution in [0.5, 0.6) is 0 Å². The minimum absolute atomic E-state index is 0.00477. The Balaban J connectivity index is 2.18. The van der Waals surface area contributed by atoms with Gasteiger partial charge in [-0.05, 0) is 55.9 Å². The monoisotopic (exact) mass is 478 g/mol. The van der Waals surface area contributed by atoms with E-state index in [0.29, 0.717) is 38.5 Å². The molecule has 0 saturated carbocycles. The molecule has 192 valence electrons. The van der Waals surface area contributed by atoms with Crippen LogP contribution in [0.15, 0.2) is 36.5 Å². The van der Waals surface area contributed by atoms with E-state index in [1.807, 2.05) is 26.0 Å². The standard InChI is InChI=1S/C27H42O7/c1-5-12-27(6-2,7-3)26(33)34-23-15-20(29)13-18-9-8-17(4)22(25(18)23)11-10-19(28)14-21(30)16-24(31)32/h5,8-9,13,17,19-23,25,28-30H,1,6-7,10-12,14-16H2,2-4H3,(H,31,32). The summed E-state index contributed by atoms with van der Waals surface area (Å²) in [4.78, 5) is 24.1. The molecule has 0 aromatic carbocycles. The number of carboxylic acid groups (broad SMARTS) is 1. The Bertz CT molecular complexity index is 767. The minimum atomic E-state index is -1.10. The highest BCUT2D eigenvalue weighted by Crippen LogP contribution is 2.45. The van der Waals surface area contributed by atoms with Gasteiger partial charge in [0.15, 0.2) is 0 Å². The van der Waals surface area contributed by atoms with Crippen LogP contribution in [0, 0.1) is 23.2 Å². The number of carboxylic acids is 1. The van der Waals surface area contributed by atoms with E-state index in [1.165, 1.54) is 0 Å². The Kier molecular flexibility index (Phi) is 10.5. The third kappa shape index (κ3) is 7.03. The summed E-state index contributed by atoms with van der Waals surface area (Å²) in [6.07, 6.45) is 7.34. The molecular weight excluding hydrogens is 436 g/mol. The number of rotatable bonds is 13. The molecule has 0 aromatic rings. The summed E-state index contributed by atoms with van der Waals surface area (Å²) in [7, 11) is 0. The number of hydrogen-bond donors (Lipinski definition) is 4. The van der Waals surface area contributed by atoms with Crippen LogP contribution in [0.25, 0.3) is 0 Å². The van der Waals surface area contributed by atoms with Crippen molar-refractivity contribution in [2.45, 2.75) is 96.6 Å². The van der Waals surface area contributed by atoms with E-state index in [1.54, 1.807) is 6.08 Å². The van der Waals surface area contributed by atoms with E-state index in [0.717, 1.165) is 5.57 Å². The van der Waals surface area contributed by atoms with Crippen LogP contribution in [0.2, 0.25) is 0 Å². The van der Waals surface area contributed by atoms with Crippen molar-refractivity contribution in [3.63, 3.8) is 0 Å². The number of esters is 1. The molecule has 34 heavy (non-hydrogen) atoms. The number of aliphatic carboxylic acids is 1. The highest BCUT2D eigenvalue weighted by molar-refractivity contribution is 5.77. The predicted molar refractivity (Wildman–Crippen MR) is 130 cm³/mol. The normalized spacial score (nSPS) is 28.4. The molecule has 0 aromatic heterocycles. The first-order valence-electron chi connectivity index (χ1n) is 12.5. The fourth-order valence-corrected chi connectivity index (χ4v) is 5.54. The molecule has 7 nitrogen and oxygen atoms in total. The number of allylic oxidation sites excluding steroid dienone is 3.